The summed E-state index contributed by atoms with van der Waals surface area (Å²) in [7, 11) is 0. The van der Waals surface area contributed by atoms with Gasteiger partial charge in [-0.1, -0.05) is 51.6 Å². The Morgan fingerprint density at radius 1 is 1.35 bits per heavy atom. The molecule has 2 aromatic rings. The predicted octanol–water partition coefficient (Wildman–Crippen LogP) is 4.48. The van der Waals surface area contributed by atoms with E-state index >= 15 is 0 Å². The van der Waals surface area contributed by atoms with Crippen molar-refractivity contribution in [3.63, 3.8) is 0 Å². The van der Waals surface area contributed by atoms with Crippen LogP contribution in [0.5, 0.6) is 0 Å². The zero-order valence-corrected chi connectivity index (χ0v) is 13.1. The molecule has 1 N–H and O–H groups in total. The van der Waals surface area contributed by atoms with Gasteiger partial charge in [0.25, 0.3) is 0 Å². The summed E-state index contributed by atoms with van der Waals surface area (Å²) in [6.45, 7) is 6.48. The van der Waals surface area contributed by atoms with Crippen LogP contribution in [-0.2, 0) is 0 Å². The van der Waals surface area contributed by atoms with Crippen LogP contribution in [0.3, 0.4) is 0 Å². The first-order valence-corrected chi connectivity index (χ1v) is 7.76. The summed E-state index contributed by atoms with van der Waals surface area (Å²) in [5.74, 6) is 0.676. The quantitative estimate of drug-likeness (QED) is 0.852. The van der Waals surface area contributed by atoms with Crippen LogP contribution >= 0.6 is 11.6 Å². The molecule has 0 aliphatic heterocycles. The highest BCUT2D eigenvalue weighted by Crippen LogP contribution is 2.35. The average Bonchev–Trinajstić information content (AvgIpc) is 2.91. The molecule has 0 aliphatic carbocycles. The summed E-state index contributed by atoms with van der Waals surface area (Å²) < 4.78 is 1.89. The monoisotopic (exact) mass is 294 g/mol. The van der Waals surface area contributed by atoms with Crippen LogP contribution in [0, 0.1) is 11.8 Å². The Morgan fingerprint density at radius 2 is 2.10 bits per heavy atom. The van der Waals surface area contributed by atoms with Crippen molar-refractivity contribution in [2.45, 2.75) is 46.1 Å². The van der Waals surface area contributed by atoms with Gasteiger partial charge < -0.3 is 5.11 Å². The van der Waals surface area contributed by atoms with E-state index in [2.05, 4.69) is 25.8 Å². The lowest BCUT2D eigenvalue weighted by Crippen LogP contribution is -2.21. The van der Waals surface area contributed by atoms with Gasteiger partial charge in [-0.3, -0.25) is 4.40 Å². The lowest BCUT2D eigenvalue weighted by atomic mass is 9.83. The number of aliphatic hydroxyl groups is 1. The van der Waals surface area contributed by atoms with Crippen LogP contribution in [0.15, 0.2) is 24.7 Å². The molecule has 2 aromatic heterocycles. The SMILES string of the molecule is CCCC(CC)C(C)C(O)c1c(Cl)ccc2cncn12. The molecule has 0 bridgehead atoms. The fourth-order valence-corrected chi connectivity index (χ4v) is 3.25. The van der Waals surface area contributed by atoms with E-state index in [0.29, 0.717) is 10.9 Å². The van der Waals surface area contributed by atoms with Crippen molar-refractivity contribution in [3.8, 4) is 0 Å². The summed E-state index contributed by atoms with van der Waals surface area (Å²) >= 11 is 6.32. The number of hydrogen-bond acceptors (Lipinski definition) is 2. The molecular formula is C16H23ClN2O. The van der Waals surface area contributed by atoms with Gasteiger partial charge in [0.1, 0.15) is 0 Å². The minimum Gasteiger partial charge on any atom is -0.387 e. The summed E-state index contributed by atoms with van der Waals surface area (Å²) in [5.41, 5.74) is 1.71. The molecule has 0 saturated carbocycles. The molecule has 0 fully saturated rings. The lowest BCUT2D eigenvalue weighted by Gasteiger charge is -2.28. The Kier molecular flexibility index (Phi) is 5.06. The van der Waals surface area contributed by atoms with Crippen molar-refractivity contribution in [2.75, 3.05) is 0 Å². The van der Waals surface area contributed by atoms with Crippen LogP contribution in [0.1, 0.15) is 51.8 Å². The van der Waals surface area contributed by atoms with Gasteiger partial charge in [0, 0.05) is 0 Å². The molecule has 3 atom stereocenters. The second-order valence-corrected chi connectivity index (χ2v) is 5.92. The Bertz CT molecular complexity index is 567. The van der Waals surface area contributed by atoms with E-state index in [0.717, 1.165) is 30.5 Å². The second-order valence-electron chi connectivity index (χ2n) is 5.52. The maximum atomic E-state index is 10.8. The lowest BCUT2D eigenvalue weighted by molar-refractivity contribution is 0.0729. The number of nitrogens with zero attached hydrogens (tertiary/aromatic N) is 2. The Balaban J connectivity index is 2.37. The van der Waals surface area contributed by atoms with E-state index in [-0.39, 0.29) is 5.92 Å². The summed E-state index contributed by atoms with van der Waals surface area (Å²) in [4.78, 5) is 4.14. The van der Waals surface area contributed by atoms with Crippen molar-refractivity contribution in [3.05, 3.63) is 35.4 Å². The van der Waals surface area contributed by atoms with Crippen molar-refractivity contribution in [1.82, 2.24) is 9.38 Å². The molecule has 110 valence electrons. The smallest absolute Gasteiger partial charge is 0.0995 e. The molecule has 20 heavy (non-hydrogen) atoms. The van der Waals surface area contributed by atoms with Gasteiger partial charge >= 0.3 is 0 Å². The molecule has 0 radical (unpaired) electrons. The first kappa shape index (κ1) is 15.3. The van der Waals surface area contributed by atoms with Crippen molar-refractivity contribution >= 4 is 17.1 Å². The summed E-state index contributed by atoms with van der Waals surface area (Å²) in [6.07, 6.45) is 6.26. The van der Waals surface area contributed by atoms with Crippen LogP contribution in [0.25, 0.3) is 5.52 Å². The van der Waals surface area contributed by atoms with E-state index in [9.17, 15) is 5.11 Å². The van der Waals surface area contributed by atoms with Gasteiger partial charge in [-0.2, -0.15) is 0 Å². The highest BCUT2D eigenvalue weighted by atomic mass is 35.5. The average molecular weight is 295 g/mol. The van der Waals surface area contributed by atoms with E-state index in [1.165, 1.54) is 0 Å². The predicted molar refractivity (Wildman–Crippen MR) is 83.0 cm³/mol. The summed E-state index contributed by atoms with van der Waals surface area (Å²) in [5, 5.41) is 11.4. The topological polar surface area (TPSA) is 37.5 Å². The summed E-state index contributed by atoms with van der Waals surface area (Å²) in [6, 6.07) is 3.75. The zero-order valence-electron chi connectivity index (χ0n) is 12.4. The van der Waals surface area contributed by atoms with Crippen molar-refractivity contribution < 1.29 is 5.11 Å². The standard InChI is InChI=1S/C16H23ClN2O/c1-4-6-12(5-2)11(3)16(20)15-14(17)8-7-13-9-18-10-19(13)15/h7-12,16,20H,4-6H2,1-3H3. The van der Waals surface area contributed by atoms with Crippen LogP contribution < -0.4 is 0 Å². The number of rotatable bonds is 6. The highest BCUT2D eigenvalue weighted by Gasteiger charge is 2.27. The molecule has 0 spiro atoms. The number of aliphatic hydroxyl groups excluding tert-OH is 1. The third-order valence-corrected chi connectivity index (χ3v) is 4.60. The fraction of sp³-hybridized carbons (Fsp3) is 0.562. The molecule has 4 heteroatoms. The fourth-order valence-electron chi connectivity index (χ4n) is 2.99. The molecule has 2 heterocycles. The largest absolute Gasteiger partial charge is 0.387 e. The molecule has 0 amide bonds. The molecule has 0 aliphatic rings. The van der Waals surface area contributed by atoms with Gasteiger partial charge in [0.2, 0.25) is 0 Å². The van der Waals surface area contributed by atoms with Crippen LogP contribution in [-0.4, -0.2) is 14.5 Å². The first-order chi connectivity index (χ1) is 9.60. The van der Waals surface area contributed by atoms with Crippen LogP contribution in [0.4, 0.5) is 0 Å². The number of imidazole rings is 1. The second kappa shape index (κ2) is 6.59. The minimum atomic E-state index is -0.572. The molecule has 2 rings (SSSR count). The van der Waals surface area contributed by atoms with E-state index in [1.807, 2.05) is 16.5 Å². The van der Waals surface area contributed by atoms with Crippen molar-refractivity contribution in [2.24, 2.45) is 11.8 Å². The van der Waals surface area contributed by atoms with Gasteiger partial charge in [-0.15, -0.1) is 0 Å². The molecule has 3 nitrogen and oxygen atoms in total. The van der Waals surface area contributed by atoms with Gasteiger partial charge in [-0.25, -0.2) is 4.98 Å². The highest BCUT2D eigenvalue weighted by molar-refractivity contribution is 6.31. The molecular weight excluding hydrogens is 272 g/mol. The number of halogens is 1. The third-order valence-electron chi connectivity index (χ3n) is 4.28. The number of pyridine rings is 1. The van der Waals surface area contributed by atoms with Gasteiger partial charge in [-0.05, 0) is 24.0 Å². The van der Waals surface area contributed by atoms with Crippen LogP contribution in [0.2, 0.25) is 5.02 Å². The third kappa shape index (κ3) is 2.84. The Hall–Kier alpha value is -1.06. The van der Waals surface area contributed by atoms with Crippen molar-refractivity contribution in [1.29, 1.82) is 0 Å². The molecule has 3 unspecified atom stereocenters. The first-order valence-electron chi connectivity index (χ1n) is 7.38. The Morgan fingerprint density at radius 3 is 2.75 bits per heavy atom. The Labute approximate surface area is 125 Å². The van der Waals surface area contributed by atoms with Gasteiger partial charge in [0.05, 0.1) is 34.9 Å². The molecule has 0 aromatic carbocycles. The normalized spacial score (nSPS) is 16.2. The number of aromatic nitrogens is 2. The van der Waals surface area contributed by atoms with E-state index in [1.54, 1.807) is 12.5 Å². The maximum absolute atomic E-state index is 10.8. The number of fused-ring (bicyclic) bond motifs is 1. The molecule has 0 saturated heterocycles. The van der Waals surface area contributed by atoms with Gasteiger partial charge in [0.15, 0.2) is 0 Å². The maximum Gasteiger partial charge on any atom is 0.0995 e. The number of hydrogen-bond donors (Lipinski definition) is 1. The van der Waals surface area contributed by atoms with E-state index in [4.69, 9.17) is 11.6 Å². The minimum absolute atomic E-state index is 0.172. The zero-order chi connectivity index (χ0) is 14.7. The van der Waals surface area contributed by atoms with E-state index < -0.39 is 6.10 Å².